The van der Waals surface area contributed by atoms with Crippen LogP contribution in [0.25, 0.3) is 0 Å². The fourth-order valence-electron chi connectivity index (χ4n) is 3.65. The lowest BCUT2D eigenvalue weighted by Gasteiger charge is -2.23. The van der Waals surface area contributed by atoms with Crippen LogP contribution < -0.4 is 10.6 Å². The molecule has 0 atom stereocenters. The second-order valence-electron chi connectivity index (χ2n) is 8.42. The number of benzene rings is 1. The van der Waals surface area contributed by atoms with Crippen LogP contribution in [-0.4, -0.2) is 4.98 Å². The van der Waals surface area contributed by atoms with Crippen LogP contribution in [0, 0.1) is 5.92 Å². The van der Waals surface area contributed by atoms with Gasteiger partial charge in [0.2, 0.25) is 0 Å². The first-order chi connectivity index (χ1) is 13.8. The molecule has 0 aliphatic heterocycles. The molecule has 0 fully saturated rings. The van der Waals surface area contributed by atoms with Crippen molar-refractivity contribution in [3.05, 3.63) is 71.6 Å². The molecule has 1 aromatic carbocycles. The summed E-state index contributed by atoms with van der Waals surface area (Å²) in [5, 5.41) is 7.30. The topological polar surface area (TPSA) is 37.0 Å². The van der Waals surface area contributed by atoms with Gasteiger partial charge in [-0.25, -0.2) is 4.98 Å². The molecule has 2 aromatic rings. The molecule has 2 rings (SSSR count). The van der Waals surface area contributed by atoms with E-state index in [9.17, 15) is 0 Å². The molecule has 3 nitrogen and oxygen atoms in total. The van der Waals surface area contributed by atoms with E-state index in [0.717, 1.165) is 17.9 Å². The molecule has 0 aliphatic rings. The van der Waals surface area contributed by atoms with Crippen LogP contribution >= 0.6 is 0 Å². The number of aromatic nitrogens is 1. The maximum Gasteiger partial charge on any atom is 0.154 e. The van der Waals surface area contributed by atoms with E-state index in [1.54, 1.807) is 0 Å². The van der Waals surface area contributed by atoms with Gasteiger partial charge in [-0.2, -0.15) is 0 Å². The van der Waals surface area contributed by atoms with Gasteiger partial charge in [-0.3, -0.25) is 0 Å². The van der Waals surface area contributed by atoms with E-state index in [2.05, 4.69) is 94.9 Å². The van der Waals surface area contributed by atoms with Crippen LogP contribution in [0.3, 0.4) is 0 Å². The molecule has 2 N–H and O–H groups in total. The van der Waals surface area contributed by atoms with Gasteiger partial charge in [-0.1, -0.05) is 79.3 Å². The van der Waals surface area contributed by atoms with Crippen LogP contribution in [0.2, 0.25) is 0 Å². The van der Waals surface area contributed by atoms with E-state index >= 15 is 0 Å². The molecule has 1 heterocycles. The third-order valence-electron chi connectivity index (χ3n) is 5.25. The number of para-hydroxylation sites is 1. The molecule has 29 heavy (non-hydrogen) atoms. The number of rotatable bonds is 9. The average molecular weight is 392 g/mol. The van der Waals surface area contributed by atoms with Crippen LogP contribution in [0.15, 0.2) is 60.5 Å². The SMILES string of the molecule is C=C/C(=C(\CC)Nc1cccnc1Nc1c(C(C)C)cccc1C(C)C)C(C)C. The predicted octanol–water partition coefficient (Wildman–Crippen LogP) is 7.99. The maximum atomic E-state index is 4.67. The molecular weight excluding hydrogens is 354 g/mol. The standard InChI is InChI=1S/C26H37N3/c1-9-20(17(3)4)23(10-2)28-24-15-12-16-27-26(24)29-25-21(18(5)6)13-11-14-22(25)19(7)8/h9,11-19,28H,1,10H2,2-8H3,(H,27,29)/b23-20-. The second kappa shape index (κ2) is 10.3. The average Bonchev–Trinajstić information content (AvgIpc) is 2.68. The van der Waals surface area contributed by atoms with E-state index < -0.39 is 0 Å². The summed E-state index contributed by atoms with van der Waals surface area (Å²) in [5.41, 5.74) is 7.22. The highest BCUT2D eigenvalue weighted by Gasteiger charge is 2.16. The van der Waals surface area contributed by atoms with Crippen molar-refractivity contribution in [1.29, 1.82) is 0 Å². The molecule has 0 aliphatic carbocycles. The number of allylic oxidation sites excluding steroid dienone is 3. The zero-order valence-corrected chi connectivity index (χ0v) is 19.1. The maximum absolute atomic E-state index is 4.67. The third kappa shape index (κ3) is 5.50. The van der Waals surface area contributed by atoms with Crippen molar-refractivity contribution in [1.82, 2.24) is 4.98 Å². The van der Waals surface area contributed by atoms with Crippen molar-refractivity contribution in [2.75, 3.05) is 10.6 Å². The Morgan fingerprint density at radius 2 is 1.62 bits per heavy atom. The highest BCUT2D eigenvalue weighted by atomic mass is 15.0. The summed E-state index contributed by atoms with van der Waals surface area (Å²) in [7, 11) is 0. The number of nitrogens with zero attached hydrogens (tertiary/aromatic N) is 1. The van der Waals surface area contributed by atoms with Gasteiger partial charge in [0.05, 0.1) is 5.69 Å². The Kier molecular flexibility index (Phi) is 8.07. The van der Waals surface area contributed by atoms with E-state index in [4.69, 9.17) is 0 Å². The third-order valence-corrected chi connectivity index (χ3v) is 5.25. The highest BCUT2D eigenvalue weighted by molar-refractivity contribution is 5.75. The van der Waals surface area contributed by atoms with E-state index in [1.807, 2.05) is 18.3 Å². The van der Waals surface area contributed by atoms with Crippen molar-refractivity contribution in [2.24, 2.45) is 5.92 Å². The van der Waals surface area contributed by atoms with Gasteiger partial charge in [-0.05, 0) is 53.0 Å². The zero-order valence-electron chi connectivity index (χ0n) is 19.1. The van der Waals surface area contributed by atoms with E-state index in [-0.39, 0.29) is 0 Å². The quantitative estimate of drug-likeness (QED) is 0.425. The van der Waals surface area contributed by atoms with Gasteiger partial charge in [0.25, 0.3) is 0 Å². The highest BCUT2D eigenvalue weighted by Crippen LogP contribution is 2.36. The fourth-order valence-corrected chi connectivity index (χ4v) is 3.65. The second-order valence-corrected chi connectivity index (χ2v) is 8.42. The fraction of sp³-hybridized carbons (Fsp3) is 0.423. The minimum absolute atomic E-state index is 0.414. The van der Waals surface area contributed by atoms with Gasteiger partial charge < -0.3 is 10.6 Å². The molecule has 1 aromatic heterocycles. The zero-order chi connectivity index (χ0) is 21.6. The molecule has 0 amide bonds. The molecule has 0 spiro atoms. The predicted molar refractivity (Wildman–Crippen MR) is 128 cm³/mol. The Balaban J connectivity index is 2.52. The lowest BCUT2D eigenvalue weighted by molar-refractivity contribution is 0.773. The summed E-state index contributed by atoms with van der Waals surface area (Å²) in [6.45, 7) is 19.5. The largest absolute Gasteiger partial charge is 0.356 e. The summed E-state index contributed by atoms with van der Waals surface area (Å²) in [5.74, 6) is 2.12. The molecule has 0 saturated carbocycles. The number of pyridine rings is 1. The molecule has 0 unspecified atom stereocenters. The first-order valence-electron chi connectivity index (χ1n) is 10.8. The molecule has 0 saturated heterocycles. The Morgan fingerprint density at radius 3 is 2.10 bits per heavy atom. The Morgan fingerprint density at radius 1 is 1.00 bits per heavy atom. The number of hydrogen-bond acceptors (Lipinski definition) is 3. The smallest absolute Gasteiger partial charge is 0.154 e. The summed E-state index contributed by atoms with van der Waals surface area (Å²) in [6.07, 6.45) is 4.71. The lowest BCUT2D eigenvalue weighted by atomic mass is 9.92. The summed E-state index contributed by atoms with van der Waals surface area (Å²) in [4.78, 5) is 4.67. The number of anilines is 3. The van der Waals surface area contributed by atoms with Crippen molar-refractivity contribution >= 4 is 17.2 Å². The molecule has 0 radical (unpaired) electrons. The van der Waals surface area contributed by atoms with Crippen LogP contribution in [0.4, 0.5) is 17.2 Å². The Labute approximate surface area is 177 Å². The molecular formula is C26H37N3. The minimum Gasteiger partial charge on any atom is -0.356 e. The van der Waals surface area contributed by atoms with Gasteiger partial charge in [0.1, 0.15) is 0 Å². The Bertz CT molecular complexity index is 834. The van der Waals surface area contributed by atoms with E-state index in [0.29, 0.717) is 17.8 Å². The van der Waals surface area contributed by atoms with Crippen LogP contribution in [0.1, 0.15) is 77.8 Å². The van der Waals surface area contributed by atoms with Crippen LogP contribution in [0.5, 0.6) is 0 Å². The first kappa shape index (κ1) is 22.7. The van der Waals surface area contributed by atoms with Crippen LogP contribution in [-0.2, 0) is 0 Å². The van der Waals surface area contributed by atoms with Gasteiger partial charge in [0.15, 0.2) is 5.82 Å². The van der Waals surface area contributed by atoms with Crippen molar-refractivity contribution in [3.63, 3.8) is 0 Å². The normalized spacial score (nSPS) is 12.3. The summed E-state index contributed by atoms with van der Waals surface area (Å²) < 4.78 is 0. The molecule has 0 bridgehead atoms. The number of hydrogen-bond donors (Lipinski definition) is 2. The van der Waals surface area contributed by atoms with Crippen molar-refractivity contribution in [3.8, 4) is 0 Å². The number of nitrogens with one attached hydrogen (secondary N) is 2. The molecule has 3 heteroatoms. The minimum atomic E-state index is 0.414. The Hall–Kier alpha value is -2.55. The van der Waals surface area contributed by atoms with Gasteiger partial charge in [0, 0.05) is 17.6 Å². The van der Waals surface area contributed by atoms with Crippen molar-refractivity contribution < 1.29 is 0 Å². The van der Waals surface area contributed by atoms with Gasteiger partial charge in [-0.15, -0.1) is 0 Å². The monoisotopic (exact) mass is 391 g/mol. The summed E-state index contributed by atoms with van der Waals surface area (Å²) >= 11 is 0. The first-order valence-corrected chi connectivity index (χ1v) is 10.8. The van der Waals surface area contributed by atoms with Crippen molar-refractivity contribution in [2.45, 2.75) is 66.7 Å². The van der Waals surface area contributed by atoms with Gasteiger partial charge >= 0.3 is 0 Å². The lowest BCUT2D eigenvalue weighted by Crippen LogP contribution is -2.10. The van der Waals surface area contributed by atoms with E-state index in [1.165, 1.54) is 28.1 Å². The summed E-state index contributed by atoms with van der Waals surface area (Å²) in [6, 6.07) is 10.6. The molecule has 156 valence electrons.